The van der Waals surface area contributed by atoms with Crippen LogP contribution in [0.15, 0.2) is 174 Å². The van der Waals surface area contributed by atoms with Crippen LogP contribution in [0.2, 0.25) is 0 Å². The molecular formula is C49H39N3. The zero-order valence-corrected chi connectivity index (χ0v) is 29.2. The predicted octanol–water partition coefficient (Wildman–Crippen LogP) is 12.7. The molecule has 0 bridgehead atoms. The number of hydrogen-bond acceptors (Lipinski definition) is 3. The van der Waals surface area contributed by atoms with Crippen LogP contribution in [-0.4, -0.2) is 16.4 Å². The lowest BCUT2D eigenvalue weighted by Gasteiger charge is -2.24. The van der Waals surface area contributed by atoms with Crippen LogP contribution in [0.5, 0.6) is 0 Å². The van der Waals surface area contributed by atoms with Gasteiger partial charge >= 0.3 is 0 Å². The van der Waals surface area contributed by atoms with E-state index in [0.717, 1.165) is 117 Å². The van der Waals surface area contributed by atoms with E-state index in [1.54, 1.807) is 0 Å². The Hall–Kier alpha value is -6.19. The van der Waals surface area contributed by atoms with Gasteiger partial charge in [0.25, 0.3) is 0 Å². The van der Waals surface area contributed by atoms with Crippen LogP contribution in [-0.2, 0) is 12.8 Å². The molecule has 9 rings (SSSR count). The Bertz CT molecular complexity index is 2140. The first kappa shape index (κ1) is 31.8. The third-order valence-electron chi connectivity index (χ3n) is 10.4. The maximum atomic E-state index is 5.59. The zero-order chi connectivity index (χ0) is 34.7. The van der Waals surface area contributed by atoms with E-state index < -0.39 is 0 Å². The Labute approximate surface area is 306 Å². The number of nitrogens with zero attached hydrogens (tertiary/aromatic N) is 3. The van der Waals surface area contributed by atoms with E-state index in [1.165, 1.54) is 11.1 Å². The standard InChI is InChI=1S/C49H39N3/c1-5-17-34(18-6-1)40-27-15-28-41(35-19-7-2-8-20-35)48(40)50-44-31-13-25-38-33-39-26-14-32-45(47(39)52-46(38)44)51-49-42(36-21-9-3-10-22-36)29-16-30-43(49)37-23-11-4-12-24-37/h1-12,15-24,27-30,33H,13-14,25-26,31-32H2/b50-44+,51-45+. The second-order valence-electron chi connectivity index (χ2n) is 13.7. The molecule has 0 atom stereocenters. The molecule has 0 N–H and O–H groups in total. The quantitative estimate of drug-likeness (QED) is 0.174. The molecule has 2 aliphatic rings. The molecule has 0 unspecified atom stereocenters. The fourth-order valence-electron chi connectivity index (χ4n) is 7.83. The van der Waals surface area contributed by atoms with Crippen molar-refractivity contribution in [2.75, 3.05) is 0 Å². The molecule has 6 aromatic carbocycles. The molecule has 0 saturated carbocycles. The van der Waals surface area contributed by atoms with E-state index in [-0.39, 0.29) is 0 Å². The largest absolute Gasteiger partial charge is 0.250 e. The average Bonchev–Trinajstić information content (AvgIpc) is 3.22. The van der Waals surface area contributed by atoms with Crippen molar-refractivity contribution < 1.29 is 0 Å². The molecule has 1 heterocycles. The number of pyridine rings is 1. The second kappa shape index (κ2) is 14.2. The lowest BCUT2D eigenvalue weighted by atomic mass is 9.87. The Morgan fingerprint density at radius 3 is 1.00 bits per heavy atom. The van der Waals surface area contributed by atoms with Gasteiger partial charge in [-0.2, -0.15) is 0 Å². The Morgan fingerprint density at radius 1 is 0.346 bits per heavy atom. The molecule has 0 fully saturated rings. The van der Waals surface area contributed by atoms with E-state index in [2.05, 4.69) is 164 Å². The van der Waals surface area contributed by atoms with Crippen LogP contribution in [0.4, 0.5) is 11.4 Å². The third kappa shape index (κ3) is 6.20. The molecule has 3 nitrogen and oxygen atoms in total. The number of para-hydroxylation sites is 2. The summed E-state index contributed by atoms with van der Waals surface area (Å²) in [4.78, 5) is 16.7. The summed E-state index contributed by atoms with van der Waals surface area (Å²) in [6.07, 6.45) is 5.93. The van der Waals surface area contributed by atoms with Crippen molar-refractivity contribution in [2.45, 2.75) is 38.5 Å². The van der Waals surface area contributed by atoms with Gasteiger partial charge in [0.1, 0.15) is 0 Å². The smallest absolute Gasteiger partial charge is 0.0884 e. The summed E-state index contributed by atoms with van der Waals surface area (Å²) in [7, 11) is 0. The fraction of sp³-hybridized carbons (Fsp3) is 0.122. The number of aromatic nitrogens is 1. The van der Waals surface area contributed by atoms with Crippen molar-refractivity contribution in [3.8, 4) is 44.5 Å². The van der Waals surface area contributed by atoms with Gasteiger partial charge < -0.3 is 0 Å². The molecular weight excluding hydrogens is 631 g/mol. The minimum Gasteiger partial charge on any atom is -0.250 e. The summed E-state index contributed by atoms with van der Waals surface area (Å²) in [5.74, 6) is 0. The number of benzene rings is 6. The SMILES string of the molecule is c1ccc(-c2cccc(-c3ccccc3)c2/N=C2\CCCc3cc4c(nc32)/C(=N/c2c(-c3ccccc3)cccc2-c2ccccc2)CCC4)cc1. The summed E-state index contributed by atoms with van der Waals surface area (Å²) in [6, 6.07) is 58.0. The van der Waals surface area contributed by atoms with Crippen LogP contribution in [0, 0.1) is 0 Å². The van der Waals surface area contributed by atoms with E-state index in [1.807, 2.05) is 0 Å². The molecule has 0 spiro atoms. The van der Waals surface area contributed by atoms with E-state index in [9.17, 15) is 0 Å². The maximum absolute atomic E-state index is 5.59. The fourth-order valence-corrected chi connectivity index (χ4v) is 7.83. The highest BCUT2D eigenvalue weighted by atomic mass is 14.9. The first-order valence-corrected chi connectivity index (χ1v) is 18.5. The first-order chi connectivity index (χ1) is 25.8. The van der Waals surface area contributed by atoms with Crippen LogP contribution >= 0.6 is 0 Å². The summed E-state index contributed by atoms with van der Waals surface area (Å²) in [6.45, 7) is 0. The summed E-state index contributed by atoms with van der Waals surface area (Å²) in [5.41, 5.74) is 18.0. The minimum atomic E-state index is 0.887. The van der Waals surface area contributed by atoms with Gasteiger partial charge in [0.2, 0.25) is 0 Å². The summed E-state index contributed by atoms with van der Waals surface area (Å²) in [5, 5.41) is 0. The molecule has 250 valence electrons. The Balaban J connectivity index is 1.22. The lowest BCUT2D eigenvalue weighted by molar-refractivity contribution is 0.792. The minimum absolute atomic E-state index is 0.887. The molecule has 1 aromatic heterocycles. The number of hydrogen-bond donors (Lipinski definition) is 0. The molecule has 7 aromatic rings. The third-order valence-corrected chi connectivity index (χ3v) is 10.4. The van der Waals surface area contributed by atoms with Gasteiger partial charge in [-0.25, -0.2) is 15.0 Å². The molecule has 2 aliphatic carbocycles. The van der Waals surface area contributed by atoms with E-state index in [4.69, 9.17) is 15.0 Å². The monoisotopic (exact) mass is 669 g/mol. The zero-order valence-electron chi connectivity index (χ0n) is 29.2. The highest BCUT2D eigenvalue weighted by Gasteiger charge is 2.26. The normalized spacial score (nSPS) is 15.3. The highest BCUT2D eigenvalue weighted by Crippen LogP contribution is 2.42. The number of aliphatic imine (C=N–C) groups is 2. The Kier molecular flexibility index (Phi) is 8.68. The van der Waals surface area contributed by atoms with Crippen LogP contribution < -0.4 is 0 Å². The van der Waals surface area contributed by atoms with Crippen molar-refractivity contribution in [2.24, 2.45) is 9.98 Å². The van der Waals surface area contributed by atoms with Crippen LogP contribution in [0.1, 0.15) is 48.2 Å². The molecule has 0 radical (unpaired) electrons. The lowest BCUT2D eigenvalue weighted by Crippen LogP contribution is -2.21. The van der Waals surface area contributed by atoms with Gasteiger partial charge in [0.05, 0.1) is 34.2 Å². The summed E-state index contributed by atoms with van der Waals surface area (Å²) >= 11 is 0. The van der Waals surface area contributed by atoms with Gasteiger partial charge in [-0.15, -0.1) is 0 Å². The maximum Gasteiger partial charge on any atom is 0.0884 e. The molecule has 52 heavy (non-hydrogen) atoms. The van der Waals surface area contributed by atoms with Gasteiger partial charge in [0.15, 0.2) is 0 Å². The number of rotatable bonds is 6. The van der Waals surface area contributed by atoms with E-state index in [0.29, 0.717) is 0 Å². The topological polar surface area (TPSA) is 37.6 Å². The van der Waals surface area contributed by atoms with Crippen molar-refractivity contribution in [3.63, 3.8) is 0 Å². The molecule has 0 aliphatic heterocycles. The van der Waals surface area contributed by atoms with Crippen molar-refractivity contribution in [1.82, 2.24) is 4.98 Å². The molecule has 0 amide bonds. The van der Waals surface area contributed by atoms with Crippen molar-refractivity contribution in [1.29, 1.82) is 0 Å². The second-order valence-corrected chi connectivity index (χ2v) is 13.7. The van der Waals surface area contributed by atoms with E-state index >= 15 is 0 Å². The van der Waals surface area contributed by atoms with Gasteiger partial charge in [-0.3, -0.25) is 0 Å². The summed E-state index contributed by atoms with van der Waals surface area (Å²) < 4.78 is 0. The van der Waals surface area contributed by atoms with Crippen molar-refractivity contribution >= 4 is 22.8 Å². The Morgan fingerprint density at radius 2 is 0.673 bits per heavy atom. The van der Waals surface area contributed by atoms with Gasteiger partial charge in [-0.1, -0.05) is 164 Å². The van der Waals surface area contributed by atoms with Gasteiger partial charge in [0, 0.05) is 22.3 Å². The van der Waals surface area contributed by atoms with Gasteiger partial charge in [-0.05, 0) is 71.9 Å². The van der Waals surface area contributed by atoms with Crippen LogP contribution in [0.25, 0.3) is 44.5 Å². The van der Waals surface area contributed by atoms with Crippen LogP contribution in [0.3, 0.4) is 0 Å². The molecule has 0 saturated heterocycles. The van der Waals surface area contributed by atoms with Crippen molar-refractivity contribution in [3.05, 3.63) is 186 Å². The number of aryl methyl sites for hydroxylation is 2. The number of fused-ring (bicyclic) bond motifs is 2. The highest BCUT2D eigenvalue weighted by molar-refractivity contribution is 6.08. The molecule has 3 heteroatoms. The average molecular weight is 670 g/mol. The predicted molar refractivity (Wildman–Crippen MR) is 217 cm³/mol. The first-order valence-electron chi connectivity index (χ1n) is 18.5.